The molecule has 2 amide bonds. The lowest BCUT2D eigenvalue weighted by atomic mass is 10.1. The molecule has 3 rings (SSSR count). The number of amides is 2. The predicted molar refractivity (Wildman–Crippen MR) is 115 cm³/mol. The maximum absolute atomic E-state index is 12.5. The van der Waals surface area contributed by atoms with Crippen LogP contribution in [0.1, 0.15) is 19.4 Å². The molecule has 0 spiro atoms. The first kappa shape index (κ1) is 20.4. The minimum atomic E-state index is -0.442. The van der Waals surface area contributed by atoms with Crippen LogP contribution >= 0.6 is 11.8 Å². The third-order valence-corrected chi connectivity index (χ3v) is 5.16. The molecule has 0 bridgehead atoms. The van der Waals surface area contributed by atoms with E-state index in [1.54, 1.807) is 31.2 Å². The van der Waals surface area contributed by atoms with Gasteiger partial charge in [-0.05, 0) is 38.1 Å². The molecule has 1 heterocycles. The van der Waals surface area contributed by atoms with Gasteiger partial charge in [-0.25, -0.2) is 4.68 Å². The average Bonchev–Trinajstić information content (AvgIpc) is 3.04. The molecule has 29 heavy (non-hydrogen) atoms. The first-order valence-corrected chi connectivity index (χ1v) is 9.84. The monoisotopic (exact) mass is 410 g/mol. The van der Waals surface area contributed by atoms with E-state index in [2.05, 4.69) is 20.8 Å². The molecule has 8 nitrogen and oxygen atoms in total. The van der Waals surface area contributed by atoms with E-state index in [0.29, 0.717) is 22.4 Å². The van der Waals surface area contributed by atoms with Gasteiger partial charge in [-0.1, -0.05) is 41.6 Å². The molecule has 0 saturated heterocycles. The minimum Gasteiger partial charge on any atom is -0.335 e. The lowest BCUT2D eigenvalue weighted by Crippen LogP contribution is -2.23. The Labute approximate surface area is 172 Å². The standard InChI is InChI=1S/C20H22N6O2S/c1-12-4-6-15(7-5-12)18-24-25-20(26(18)21)29-13(2)19(28)23-17-10-8-16(9-11-17)22-14(3)27/h4-11,13H,21H2,1-3H3,(H,22,27)(H,23,28)/t13-/m1/s1. The second-order valence-corrected chi connectivity index (χ2v) is 7.86. The van der Waals surface area contributed by atoms with Crippen molar-refractivity contribution in [3.8, 4) is 11.4 Å². The van der Waals surface area contributed by atoms with E-state index in [0.717, 1.165) is 11.1 Å². The zero-order valence-electron chi connectivity index (χ0n) is 16.3. The summed E-state index contributed by atoms with van der Waals surface area (Å²) < 4.78 is 1.39. The number of nitrogens with one attached hydrogen (secondary N) is 2. The molecule has 4 N–H and O–H groups in total. The Morgan fingerprint density at radius 2 is 1.59 bits per heavy atom. The molecule has 3 aromatic rings. The number of nitrogens with two attached hydrogens (primary N) is 1. The van der Waals surface area contributed by atoms with Crippen LogP contribution in [-0.4, -0.2) is 31.9 Å². The molecule has 2 aromatic carbocycles. The molecule has 0 aliphatic heterocycles. The summed E-state index contributed by atoms with van der Waals surface area (Å²) in [6, 6.07) is 14.7. The predicted octanol–water partition coefficient (Wildman–Crippen LogP) is 3.05. The van der Waals surface area contributed by atoms with Crippen LogP contribution in [0, 0.1) is 6.92 Å². The molecular weight excluding hydrogens is 388 g/mol. The summed E-state index contributed by atoms with van der Waals surface area (Å²) in [5.41, 5.74) is 3.29. The summed E-state index contributed by atoms with van der Waals surface area (Å²) in [6.07, 6.45) is 0. The van der Waals surface area contributed by atoms with Crippen LogP contribution in [0.15, 0.2) is 53.7 Å². The van der Waals surface area contributed by atoms with Gasteiger partial charge in [0.05, 0.1) is 5.25 Å². The van der Waals surface area contributed by atoms with Gasteiger partial charge in [0.15, 0.2) is 5.82 Å². The van der Waals surface area contributed by atoms with Gasteiger partial charge < -0.3 is 16.5 Å². The van der Waals surface area contributed by atoms with Crippen molar-refractivity contribution in [2.75, 3.05) is 16.5 Å². The highest BCUT2D eigenvalue weighted by Crippen LogP contribution is 2.26. The van der Waals surface area contributed by atoms with E-state index >= 15 is 0 Å². The second-order valence-electron chi connectivity index (χ2n) is 6.55. The van der Waals surface area contributed by atoms with Crippen molar-refractivity contribution in [2.45, 2.75) is 31.2 Å². The Hall–Kier alpha value is -3.33. The largest absolute Gasteiger partial charge is 0.335 e. The fourth-order valence-electron chi connectivity index (χ4n) is 2.55. The summed E-state index contributed by atoms with van der Waals surface area (Å²) in [6.45, 7) is 5.22. The number of rotatable bonds is 6. The first-order valence-electron chi connectivity index (χ1n) is 8.96. The number of benzene rings is 2. The summed E-state index contributed by atoms with van der Waals surface area (Å²) >= 11 is 1.22. The van der Waals surface area contributed by atoms with Gasteiger partial charge >= 0.3 is 0 Å². The second kappa shape index (κ2) is 8.78. The van der Waals surface area contributed by atoms with Gasteiger partial charge in [-0.15, -0.1) is 10.2 Å². The number of anilines is 2. The Balaban J connectivity index is 1.64. The lowest BCUT2D eigenvalue weighted by Gasteiger charge is -2.12. The number of carbonyl (C=O) groups excluding carboxylic acids is 2. The van der Waals surface area contributed by atoms with Crippen molar-refractivity contribution < 1.29 is 9.59 Å². The topological polar surface area (TPSA) is 115 Å². The van der Waals surface area contributed by atoms with Crippen LogP contribution < -0.4 is 16.5 Å². The Kier molecular flexibility index (Phi) is 6.18. The van der Waals surface area contributed by atoms with Crippen molar-refractivity contribution in [1.82, 2.24) is 14.9 Å². The van der Waals surface area contributed by atoms with Gasteiger partial charge in [0.2, 0.25) is 17.0 Å². The summed E-state index contributed by atoms with van der Waals surface area (Å²) in [4.78, 5) is 23.6. The highest BCUT2D eigenvalue weighted by molar-refractivity contribution is 8.00. The summed E-state index contributed by atoms with van der Waals surface area (Å²) in [5, 5.41) is 13.8. The number of thioether (sulfide) groups is 1. The van der Waals surface area contributed by atoms with E-state index in [4.69, 9.17) is 5.84 Å². The van der Waals surface area contributed by atoms with E-state index in [1.165, 1.54) is 23.4 Å². The molecule has 0 radical (unpaired) electrons. The summed E-state index contributed by atoms with van der Waals surface area (Å²) in [5.74, 6) is 6.33. The highest BCUT2D eigenvalue weighted by atomic mass is 32.2. The van der Waals surface area contributed by atoms with Gasteiger partial charge in [-0.3, -0.25) is 9.59 Å². The minimum absolute atomic E-state index is 0.150. The number of hydrogen-bond acceptors (Lipinski definition) is 6. The highest BCUT2D eigenvalue weighted by Gasteiger charge is 2.20. The molecule has 0 fully saturated rings. The fraction of sp³-hybridized carbons (Fsp3) is 0.200. The summed E-state index contributed by atoms with van der Waals surface area (Å²) in [7, 11) is 0. The van der Waals surface area contributed by atoms with Crippen molar-refractivity contribution in [3.63, 3.8) is 0 Å². The molecule has 0 unspecified atom stereocenters. The fourth-order valence-corrected chi connectivity index (χ4v) is 3.32. The van der Waals surface area contributed by atoms with E-state index in [1.807, 2.05) is 31.2 Å². The average molecular weight is 411 g/mol. The van der Waals surface area contributed by atoms with Gasteiger partial charge in [0.1, 0.15) is 0 Å². The van der Waals surface area contributed by atoms with Gasteiger partial charge in [0.25, 0.3) is 0 Å². The third kappa shape index (κ3) is 5.14. The quantitative estimate of drug-likeness (QED) is 0.425. The van der Waals surface area contributed by atoms with Gasteiger partial charge in [0, 0.05) is 23.9 Å². The molecule has 9 heteroatoms. The number of nitrogens with zero attached hydrogens (tertiary/aromatic N) is 3. The van der Waals surface area contributed by atoms with Crippen LogP contribution in [0.2, 0.25) is 0 Å². The third-order valence-electron chi connectivity index (χ3n) is 4.10. The van der Waals surface area contributed by atoms with Crippen LogP contribution in [0.4, 0.5) is 11.4 Å². The van der Waals surface area contributed by atoms with E-state index in [9.17, 15) is 9.59 Å². The maximum atomic E-state index is 12.5. The number of aromatic nitrogens is 3. The number of hydrogen-bond donors (Lipinski definition) is 3. The molecule has 1 aromatic heterocycles. The number of carbonyl (C=O) groups is 2. The molecule has 1 atom stereocenters. The van der Waals surface area contributed by atoms with E-state index < -0.39 is 5.25 Å². The Bertz CT molecular complexity index is 1010. The van der Waals surface area contributed by atoms with Crippen molar-refractivity contribution in [3.05, 3.63) is 54.1 Å². The zero-order chi connectivity index (χ0) is 21.0. The normalized spacial score (nSPS) is 11.7. The molecule has 0 aliphatic carbocycles. The van der Waals surface area contributed by atoms with Crippen LogP contribution in [0.25, 0.3) is 11.4 Å². The van der Waals surface area contributed by atoms with Crippen LogP contribution in [-0.2, 0) is 9.59 Å². The SMILES string of the molecule is CC(=O)Nc1ccc(NC(=O)[C@@H](C)Sc2nnc(-c3ccc(C)cc3)n2N)cc1. The van der Waals surface area contributed by atoms with Crippen LogP contribution in [0.5, 0.6) is 0 Å². The molecule has 150 valence electrons. The Morgan fingerprint density at radius 3 is 2.17 bits per heavy atom. The first-order chi connectivity index (χ1) is 13.8. The number of nitrogen functional groups attached to an aromatic ring is 1. The molecule has 0 saturated carbocycles. The lowest BCUT2D eigenvalue weighted by molar-refractivity contribution is -0.115. The van der Waals surface area contributed by atoms with Crippen molar-refractivity contribution in [1.29, 1.82) is 0 Å². The molecule has 0 aliphatic rings. The van der Waals surface area contributed by atoms with E-state index in [-0.39, 0.29) is 11.8 Å². The molecular formula is C20H22N6O2S. The smallest absolute Gasteiger partial charge is 0.237 e. The van der Waals surface area contributed by atoms with Gasteiger partial charge in [-0.2, -0.15) is 0 Å². The zero-order valence-corrected chi connectivity index (χ0v) is 17.2. The number of aryl methyl sites for hydroxylation is 1. The van der Waals surface area contributed by atoms with Crippen molar-refractivity contribution in [2.24, 2.45) is 0 Å². The Morgan fingerprint density at radius 1 is 1.00 bits per heavy atom. The maximum Gasteiger partial charge on any atom is 0.237 e. The van der Waals surface area contributed by atoms with Crippen LogP contribution in [0.3, 0.4) is 0 Å². The van der Waals surface area contributed by atoms with Crippen molar-refractivity contribution >= 4 is 35.0 Å².